The van der Waals surface area contributed by atoms with Gasteiger partial charge in [-0.05, 0) is 13.0 Å². The second kappa shape index (κ2) is 6.86. The molecule has 0 bridgehead atoms. The Balaban J connectivity index is 2.72. The quantitative estimate of drug-likeness (QED) is 0.776. The van der Waals surface area contributed by atoms with Crippen LogP contribution in [-0.2, 0) is 4.79 Å². The SMILES string of the molecule is COc1ccc(C(C)NCCC(=O)O)c(OC)c1. The molecule has 5 heteroatoms. The van der Waals surface area contributed by atoms with Gasteiger partial charge in [0.2, 0.25) is 0 Å². The molecular weight excluding hydrogens is 234 g/mol. The van der Waals surface area contributed by atoms with Gasteiger partial charge in [-0.2, -0.15) is 0 Å². The number of carbonyl (C=O) groups is 1. The fraction of sp³-hybridized carbons (Fsp3) is 0.462. The molecule has 0 fully saturated rings. The van der Waals surface area contributed by atoms with Crippen LogP contribution in [0.1, 0.15) is 24.9 Å². The molecule has 0 saturated heterocycles. The predicted octanol–water partition coefficient (Wildman–Crippen LogP) is 1.83. The first-order valence-electron chi connectivity index (χ1n) is 5.75. The van der Waals surface area contributed by atoms with Crippen molar-refractivity contribution in [3.63, 3.8) is 0 Å². The van der Waals surface area contributed by atoms with Crippen molar-refractivity contribution in [2.24, 2.45) is 0 Å². The largest absolute Gasteiger partial charge is 0.497 e. The van der Waals surface area contributed by atoms with Crippen molar-refractivity contribution in [1.29, 1.82) is 0 Å². The second-order valence-corrected chi connectivity index (χ2v) is 3.93. The fourth-order valence-corrected chi connectivity index (χ4v) is 1.68. The Hall–Kier alpha value is -1.75. The number of nitrogens with one attached hydrogen (secondary N) is 1. The molecule has 1 unspecified atom stereocenters. The smallest absolute Gasteiger partial charge is 0.304 e. The summed E-state index contributed by atoms with van der Waals surface area (Å²) in [5, 5.41) is 11.7. The Morgan fingerprint density at radius 1 is 1.39 bits per heavy atom. The molecule has 0 radical (unpaired) electrons. The second-order valence-electron chi connectivity index (χ2n) is 3.93. The van der Waals surface area contributed by atoms with E-state index in [4.69, 9.17) is 14.6 Å². The molecule has 2 N–H and O–H groups in total. The summed E-state index contributed by atoms with van der Waals surface area (Å²) in [6.45, 7) is 2.39. The minimum Gasteiger partial charge on any atom is -0.497 e. The van der Waals surface area contributed by atoms with Crippen LogP contribution in [0.5, 0.6) is 11.5 Å². The maximum absolute atomic E-state index is 10.4. The van der Waals surface area contributed by atoms with Crippen LogP contribution >= 0.6 is 0 Å². The highest BCUT2D eigenvalue weighted by Gasteiger charge is 2.12. The lowest BCUT2D eigenvalue weighted by atomic mass is 10.1. The first-order chi connectivity index (χ1) is 8.58. The molecule has 0 spiro atoms. The van der Waals surface area contributed by atoms with Crippen LogP contribution in [-0.4, -0.2) is 31.8 Å². The van der Waals surface area contributed by atoms with Crippen molar-refractivity contribution in [3.05, 3.63) is 23.8 Å². The number of hydrogen-bond acceptors (Lipinski definition) is 4. The average Bonchev–Trinajstić information content (AvgIpc) is 2.37. The van der Waals surface area contributed by atoms with Crippen LogP contribution in [0, 0.1) is 0 Å². The van der Waals surface area contributed by atoms with E-state index < -0.39 is 5.97 Å². The predicted molar refractivity (Wildman–Crippen MR) is 68.2 cm³/mol. The van der Waals surface area contributed by atoms with E-state index in [0.29, 0.717) is 6.54 Å². The Labute approximate surface area is 107 Å². The normalized spacial score (nSPS) is 11.9. The summed E-state index contributed by atoms with van der Waals surface area (Å²) in [7, 11) is 3.20. The maximum Gasteiger partial charge on any atom is 0.304 e. The van der Waals surface area contributed by atoms with Gasteiger partial charge >= 0.3 is 5.97 Å². The van der Waals surface area contributed by atoms with E-state index in [1.165, 1.54) is 0 Å². The Kier molecular flexibility index (Phi) is 5.45. The first kappa shape index (κ1) is 14.3. The summed E-state index contributed by atoms with van der Waals surface area (Å²) in [6.07, 6.45) is 0.100. The number of aliphatic carboxylic acids is 1. The van der Waals surface area contributed by atoms with E-state index in [1.807, 2.05) is 25.1 Å². The summed E-state index contributed by atoms with van der Waals surface area (Å²) in [6, 6.07) is 5.60. The third-order valence-corrected chi connectivity index (χ3v) is 2.70. The lowest BCUT2D eigenvalue weighted by Gasteiger charge is -2.17. The van der Waals surface area contributed by atoms with E-state index >= 15 is 0 Å². The van der Waals surface area contributed by atoms with Gasteiger partial charge in [0.25, 0.3) is 0 Å². The lowest BCUT2D eigenvalue weighted by Crippen LogP contribution is -2.22. The molecule has 0 aliphatic carbocycles. The van der Waals surface area contributed by atoms with Gasteiger partial charge in [0.15, 0.2) is 0 Å². The van der Waals surface area contributed by atoms with Crippen molar-refractivity contribution < 1.29 is 19.4 Å². The summed E-state index contributed by atoms with van der Waals surface area (Å²) in [5.41, 5.74) is 0.976. The van der Waals surface area contributed by atoms with Crippen molar-refractivity contribution in [2.75, 3.05) is 20.8 Å². The molecule has 1 rings (SSSR count). The van der Waals surface area contributed by atoms with Crippen LogP contribution < -0.4 is 14.8 Å². The summed E-state index contributed by atoms with van der Waals surface area (Å²) >= 11 is 0. The number of ether oxygens (including phenoxy) is 2. The van der Waals surface area contributed by atoms with E-state index in [9.17, 15) is 4.79 Å². The number of hydrogen-bond donors (Lipinski definition) is 2. The van der Waals surface area contributed by atoms with E-state index in [1.54, 1.807) is 14.2 Å². The zero-order valence-corrected chi connectivity index (χ0v) is 10.9. The Morgan fingerprint density at radius 2 is 2.11 bits per heavy atom. The molecule has 1 atom stereocenters. The van der Waals surface area contributed by atoms with Gasteiger partial charge in [-0.3, -0.25) is 4.79 Å². The standard InChI is InChI=1S/C13H19NO4/c1-9(14-7-6-13(15)16)11-5-4-10(17-2)8-12(11)18-3/h4-5,8-9,14H,6-7H2,1-3H3,(H,15,16). The molecular formula is C13H19NO4. The van der Waals surface area contributed by atoms with Crippen molar-refractivity contribution in [1.82, 2.24) is 5.32 Å². The molecule has 0 amide bonds. The number of methoxy groups -OCH3 is 2. The molecule has 18 heavy (non-hydrogen) atoms. The molecule has 1 aromatic rings. The first-order valence-corrected chi connectivity index (χ1v) is 5.75. The molecule has 100 valence electrons. The minimum atomic E-state index is -0.809. The molecule has 0 heterocycles. The maximum atomic E-state index is 10.4. The van der Waals surface area contributed by atoms with E-state index in [0.717, 1.165) is 17.1 Å². The van der Waals surface area contributed by atoms with Gasteiger partial charge in [-0.25, -0.2) is 0 Å². The van der Waals surface area contributed by atoms with Crippen molar-refractivity contribution >= 4 is 5.97 Å². The van der Waals surface area contributed by atoms with Crippen LogP contribution in [0.25, 0.3) is 0 Å². The summed E-state index contributed by atoms with van der Waals surface area (Å²) < 4.78 is 10.4. The van der Waals surface area contributed by atoms with Crippen LogP contribution in [0.2, 0.25) is 0 Å². The van der Waals surface area contributed by atoms with Crippen LogP contribution in [0.15, 0.2) is 18.2 Å². The van der Waals surface area contributed by atoms with Gasteiger partial charge in [-0.15, -0.1) is 0 Å². The zero-order valence-electron chi connectivity index (χ0n) is 10.9. The summed E-state index contributed by atoms with van der Waals surface area (Å²) in [5.74, 6) is 0.648. The molecule has 0 saturated carbocycles. The van der Waals surface area contributed by atoms with Crippen molar-refractivity contribution in [2.45, 2.75) is 19.4 Å². The highest BCUT2D eigenvalue weighted by molar-refractivity contribution is 5.66. The Bertz CT molecular complexity index is 406. The third-order valence-electron chi connectivity index (χ3n) is 2.70. The number of carboxylic acids is 1. The highest BCUT2D eigenvalue weighted by Crippen LogP contribution is 2.29. The summed E-state index contributed by atoms with van der Waals surface area (Å²) in [4.78, 5) is 10.4. The highest BCUT2D eigenvalue weighted by atomic mass is 16.5. The number of rotatable bonds is 7. The van der Waals surface area contributed by atoms with Crippen LogP contribution in [0.3, 0.4) is 0 Å². The van der Waals surface area contributed by atoms with E-state index in [2.05, 4.69) is 5.32 Å². The number of benzene rings is 1. The molecule has 0 aliphatic heterocycles. The fourth-order valence-electron chi connectivity index (χ4n) is 1.68. The third kappa shape index (κ3) is 3.92. The average molecular weight is 253 g/mol. The van der Waals surface area contributed by atoms with Gasteiger partial charge in [-0.1, -0.05) is 6.07 Å². The molecule has 0 aromatic heterocycles. The molecule has 0 aliphatic rings. The lowest BCUT2D eigenvalue weighted by molar-refractivity contribution is -0.136. The minimum absolute atomic E-state index is 0.0187. The van der Waals surface area contributed by atoms with Gasteiger partial charge in [0.05, 0.1) is 20.6 Å². The van der Waals surface area contributed by atoms with E-state index in [-0.39, 0.29) is 12.5 Å². The monoisotopic (exact) mass is 253 g/mol. The number of carboxylic acid groups (broad SMARTS) is 1. The molecule has 1 aromatic carbocycles. The van der Waals surface area contributed by atoms with Gasteiger partial charge in [0.1, 0.15) is 11.5 Å². The van der Waals surface area contributed by atoms with Crippen LogP contribution in [0.4, 0.5) is 0 Å². The van der Waals surface area contributed by atoms with Crippen molar-refractivity contribution in [3.8, 4) is 11.5 Å². The topological polar surface area (TPSA) is 67.8 Å². The Morgan fingerprint density at radius 3 is 2.67 bits per heavy atom. The zero-order chi connectivity index (χ0) is 13.5. The van der Waals surface area contributed by atoms with Gasteiger partial charge in [0, 0.05) is 24.2 Å². The molecule has 5 nitrogen and oxygen atoms in total. The van der Waals surface area contributed by atoms with Gasteiger partial charge < -0.3 is 19.9 Å².